The minimum atomic E-state index is -4.47. The Balaban J connectivity index is 2.79. The fraction of sp³-hybridized carbons (Fsp3) is 0.300. The molecular formula is C10H10F3N3O2. The van der Waals surface area contributed by atoms with Crippen molar-refractivity contribution in [3.63, 3.8) is 0 Å². The van der Waals surface area contributed by atoms with Gasteiger partial charge in [-0.15, -0.1) is 0 Å². The molecule has 0 fully saturated rings. The number of amides is 2. The van der Waals surface area contributed by atoms with E-state index in [9.17, 15) is 22.8 Å². The summed E-state index contributed by atoms with van der Waals surface area (Å²) in [6, 6.07) is 1.25. The second-order valence-electron chi connectivity index (χ2n) is 3.53. The number of pyridine rings is 1. The van der Waals surface area contributed by atoms with Crippen LogP contribution in [0.5, 0.6) is 0 Å². The molecule has 0 aliphatic heterocycles. The summed E-state index contributed by atoms with van der Waals surface area (Å²) in [5, 5.41) is 2.20. The van der Waals surface area contributed by atoms with Crippen LogP contribution in [0.1, 0.15) is 24.2 Å². The number of aromatic nitrogens is 1. The highest BCUT2D eigenvalue weighted by Gasteiger charge is 2.30. The van der Waals surface area contributed by atoms with Crippen molar-refractivity contribution in [3.05, 3.63) is 29.6 Å². The average molecular weight is 261 g/mol. The monoisotopic (exact) mass is 261 g/mol. The van der Waals surface area contributed by atoms with E-state index in [-0.39, 0.29) is 5.69 Å². The molecule has 98 valence electrons. The number of nitrogens with one attached hydrogen (secondary N) is 1. The molecular weight excluding hydrogens is 251 g/mol. The third kappa shape index (κ3) is 3.44. The van der Waals surface area contributed by atoms with Gasteiger partial charge >= 0.3 is 18.0 Å². The third-order valence-electron chi connectivity index (χ3n) is 2.13. The number of nitrogens with zero attached hydrogens (tertiary/aromatic N) is 1. The molecule has 1 rings (SSSR count). The van der Waals surface area contributed by atoms with Crippen molar-refractivity contribution in [1.82, 2.24) is 10.3 Å². The van der Waals surface area contributed by atoms with E-state index in [1.54, 1.807) is 0 Å². The highest BCUT2D eigenvalue weighted by atomic mass is 19.4. The van der Waals surface area contributed by atoms with Crippen LogP contribution in [-0.4, -0.2) is 16.8 Å². The zero-order chi connectivity index (χ0) is 13.9. The van der Waals surface area contributed by atoms with Crippen LogP contribution in [0.4, 0.5) is 13.2 Å². The SMILES string of the molecule is C[C@H](NC(=O)C(N)=O)c1ccc(C(F)(F)F)cn1. The highest BCUT2D eigenvalue weighted by Crippen LogP contribution is 2.28. The van der Waals surface area contributed by atoms with E-state index in [0.29, 0.717) is 6.20 Å². The van der Waals surface area contributed by atoms with E-state index in [1.165, 1.54) is 6.92 Å². The molecule has 1 atom stereocenters. The van der Waals surface area contributed by atoms with Crippen molar-refractivity contribution in [1.29, 1.82) is 0 Å². The van der Waals surface area contributed by atoms with Gasteiger partial charge in [-0.3, -0.25) is 14.6 Å². The number of carbonyl (C=O) groups is 2. The molecule has 0 unspecified atom stereocenters. The maximum atomic E-state index is 12.3. The first kappa shape index (κ1) is 13.9. The van der Waals surface area contributed by atoms with Crippen molar-refractivity contribution in [2.75, 3.05) is 0 Å². The Morgan fingerprint density at radius 1 is 1.39 bits per heavy atom. The topological polar surface area (TPSA) is 85.1 Å². The molecule has 1 aromatic heterocycles. The fourth-order valence-electron chi connectivity index (χ4n) is 1.17. The first-order valence-electron chi connectivity index (χ1n) is 4.85. The van der Waals surface area contributed by atoms with E-state index in [4.69, 9.17) is 5.73 Å². The summed E-state index contributed by atoms with van der Waals surface area (Å²) >= 11 is 0. The van der Waals surface area contributed by atoms with Crippen LogP contribution in [0.2, 0.25) is 0 Å². The first-order valence-corrected chi connectivity index (χ1v) is 4.85. The molecule has 0 radical (unpaired) electrons. The van der Waals surface area contributed by atoms with Crippen LogP contribution in [0, 0.1) is 0 Å². The van der Waals surface area contributed by atoms with Gasteiger partial charge < -0.3 is 11.1 Å². The summed E-state index contributed by atoms with van der Waals surface area (Å²) in [6.45, 7) is 1.47. The van der Waals surface area contributed by atoms with E-state index < -0.39 is 29.6 Å². The second-order valence-corrected chi connectivity index (χ2v) is 3.53. The van der Waals surface area contributed by atoms with E-state index >= 15 is 0 Å². The van der Waals surface area contributed by atoms with E-state index in [1.807, 2.05) is 0 Å². The molecule has 0 spiro atoms. The van der Waals surface area contributed by atoms with Gasteiger partial charge in [-0.25, -0.2) is 0 Å². The molecule has 0 saturated carbocycles. The summed E-state index contributed by atoms with van der Waals surface area (Å²) in [4.78, 5) is 25.0. The van der Waals surface area contributed by atoms with Crippen molar-refractivity contribution in [3.8, 4) is 0 Å². The van der Waals surface area contributed by atoms with Crippen LogP contribution < -0.4 is 11.1 Å². The molecule has 1 aromatic rings. The lowest BCUT2D eigenvalue weighted by molar-refractivity contribution is -0.138. The minimum absolute atomic E-state index is 0.192. The zero-order valence-corrected chi connectivity index (χ0v) is 9.28. The smallest absolute Gasteiger partial charge is 0.361 e. The Bertz CT molecular complexity index is 456. The molecule has 0 aliphatic rings. The van der Waals surface area contributed by atoms with Gasteiger partial charge in [-0.1, -0.05) is 0 Å². The molecule has 0 aliphatic carbocycles. The predicted octanol–water partition coefficient (Wildman–Crippen LogP) is 0.763. The van der Waals surface area contributed by atoms with Crippen molar-refractivity contribution < 1.29 is 22.8 Å². The number of nitrogens with two attached hydrogens (primary N) is 1. The lowest BCUT2D eigenvalue weighted by Gasteiger charge is -2.13. The van der Waals surface area contributed by atoms with Crippen molar-refractivity contribution in [2.24, 2.45) is 5.73 Å². The van der Waals surface area contributed by atoms with Crippen molar-refractivity contribution in [2.45, 2.75) is 19.1 Å². The molecule has 1 heterocycles. The number of alkyl halides is 3. The third-order valence-corrected chi connectivity index (χ3v) is 2.13. The Labute approximate surface area is 100 Å². The van der Waals surface area contributed by atoms with Gasteiger partial charge in [0.1, 0.15) is 0 Å². The van der Waals surface area contributed by atoms with Gasteiger partial charge in [0.2, 0.25) is 0 Å². The quantitative estimate of drug-likeness (QED) is 0.771. The second kappa shape index (κ2) is 5.03. The number of carbonyl (C=O) groups excluding carboxylic acids is 2. The Morgan fingerprint density at radius 3 is 2.39 bits per heavy atom. The lowest BCUT2D eigenvalue weighted by Crippen LogP contribution is -2.37. The van der Waals surface area contributed by atoms with Crippen LogP contribution in [0.15, 0.2) is 18.3 Å². The normalized spacial score (nSPS) is 12.9. The molecule has 18 heavy (non-hydrogen) atoms. The Morgan fingerprint density at radius 2 is 2.00 bits per heavy atom. The molecule has 2 amide bonds. The standard InChI is InChI=1S/C10H10F3N3O2/c1-5(16-9(18)8(14)17)7-3-2-6(4-15-7)10(11,12)13/h2-5H,1H3,(H2,14,17)(H,16,18)/t5-/m0/s1. The highest BCUT2D eigenvalue weighted by molar-refractivity contribution is 6.34. The minimum Gasteiger partial charge on any atom is -0.361 e. The number of hydrogen-bond donors (Lipinski definition) is 2. The van der Waals surface area contributed by atoms with Crippen LogP contribution in [0.25, 0.3) is 0 Å². The summed E-state index contributed by atoms with van der Waals surface area (Å²) in [5.41, 5.74) is 4.03. The van der Waals surface area contributed by atoms with Gasteiger partial charge in [-0.05, 0) is 19.1 Å². The zero-order valence-electron chi connectivity index (χ0n) is 9.28. The number of rotatable bonds is 2. The molecule has 0 aromatic carbocycles. The summed E-state index contributed by atoms with van der Waals surface area (Å²) < 4.78 is 36.8. The molecule has 3 N–H and O–H groups in total. The average Bonchev–Trinajstić information content (AvgIpc) is 2.27. The number of primary amides is 1. The molecule has 0 bridgehead atoms. The van der Waals surface area contributed by atoms with Gasteiger partial charge in [0.15, 0.2) is 0 Å². The summed E-state index contributed by atoms with van der Waals surface area (Å²) in [6.07, 6.45) is -3.81. The number of hydrogen-bond acceptors (Lipinski definition) is 3. The lowest BCUT2D eigenvalue weighted by atomic mass is 10.2. The predicted molar refractivity (Wildman–Crippen MR) is 55.0 cm³/mol. The van der Waals surface area contributed by atoms with E-state index in [0.717, 1.165) is 12.1 Å². The van der Waals surface area contributed by atoms with Crippen LogP contribution >= 0.6 is 0 Å². The Kier molecular flexibility index (Phi) is 3.89. The van der Waals surface area contributed by atoms with Gasteiger partial charge in [0, 0.05) is 6.20 Å². The molecule has 0 saturated heterocycles. The van der Waals surface area contributed by atoms with Crippen LogP contribution in [0.3, 0.4) is 0 Å². The summed E-state index contributed by atoms with van der Waals surface area (Å²) in [7, 11) is 0. The molecule has 8 heteroatoms. The van der Waals surface area contributed by atoms with Gasteiger partial charge in [0.25, 0.3) is 0 Å². The van der Waals surface area contributed by atoms with E-state index in [2.05, 4.69) is 10.3 Å². The van der Waals surface area contributed by atoms with Crippen molar-refractivity contribution >= 4 is 11.8 Å². The number of halogens is 3. The molecule has 5 nitrogen and oxygen atoms in total. The first-order chi connectivity index (χ1) is 8.21. The maximum absolute atomic E-state index is 12.3. The summed E-state index contributed by atoms with van der Waals surface area (Å²) in [5.74, 6) is -2.20. The maximum Gasteiger partial charge on any atom is 0.417 e. The van der Waals surface area contributed by atoms with Gasteiger partial charge in [-0.2, -0.15) is 13.2 Å². The fourth-order valence-corrected chi connectivity index (χ4v) is 1.17. The van der Waals surface area contributed by atoms with Gasteiger partial charge in [0.05, 0.1) is 17.3 Å². The largest absolute Gasteiger partial charge is 0.417 e. The van der Waals surface area contributed by atoms with Crippen LogP contribution in [-0.2, 0) is 15.8 Å². The Hall–Kier alpha value is -2.12.